The van der Waals surface area contributed by atoms with Crippen LogP contribution in [0.5, 0.6) is 0 Å². The Morgan fingerprint density at radius 3 is 2.45 bits per heavy atom. The van der Waals surface area contributed by atoms with Crippen molar-refractivity contribution in [3.8, 4) is 0 Å². The third-order valence-electron chi connectivity index (χ3n) is 1.09. The summed E-state index contributed by atoms with van der Waals surface area (Å²) in [6.07, 6.45) is 3.09. The van der Waals surface area contributed by atoms with Gasteiger partial charge in [-0.05, 0) is 6.07 Å². The highest BCUT2D eigenvalue weighted by Gasteiger charge is 2.05. The summed E-state index contributed by atoms with van der Waals surface area (Å²) in [7, 11) is 0. The fourth-order valence-corrected chi connectivity index (χ4v) is 0.651. The monoisotopic (exact) mass is 166 g/mol. The Labute approximate surface area is 69.6 Å². The third kappa shape index (κ3) is 1.88. The smallest absolute Gasteiger partial charge is 0.219 e. The molecule has 0 radical (unpaired) electrons. The summed E-state index contributed by atoms with van der Waals surface area (Å²) >= 11 is 3.59. The zero-order valence-corrected chi connectivity index (χ0v) is 6.58. The van der Waals surface area contributed by atoms with Crippen LogP contribution in [0.3, 0.4) is 0 Å². The van der Waals surface area contributed by atoms with Gasteiger partial charge in [0.05, 0.1) is 5.57 Å². The molecular weight excluding hydrogens is 160 g/mol. The minimum Gasteiger partial charge on any atom is -0.282 e. The Bertz CT molecular complexity index is 284. The van der Waals surface area contributed by atoms with Crippen molar-refractivity contribution in [2.45, 2.75) is 0 Å². The number of carbonyl (C=O) groups excluding carboxylic acids is 1. The second kappa shape index (κ2) is 3.30. The van der Waals surface area contributed by atoms with Crippen molar-refractivity contribution < 1.29 is 4.79 Å². The van der Waals surface area contributed by atoms with Crippen LogP contribution in [0.1, 0.15) is 5.82 Å². The molecule has 0 saturated carbocycles. The average Bonchev–Trinajstić information content (AvgIpc) is 2.05. The van der Waals surface area contributed by atoms with Gasteiger partial charge in [-0.2, -0.15) is 0 Å². The van der Waals surface area contributed by atoms with Gasteiger partial charge in [-0.1, -0.05) is 6.58 Å². The van der Waals surface area contributed by atoms with Crippen molar-refractivity contribution >= 4 is 23.3 Å². The summed E-state index contributed by atoms with van der Waals surface area (Å²) in [6, 6.07) is 1.67. The number of thiol groups is 1. The van der Waals surface area contributed by atoms with Crippen molar-refractivity contribution in [2.24, 2.45) is 0 Å². The average molecular weight is 166 g/mol. The molecule has 4 heteroatoms. The highest BCUT2D eigenvalue weighted by molar-refractivity contribution is 7.98. The molecule has 3 nitrogen and oxygen atoms in total. The van der Waals surface area contributed by atoms with Crippen molar-refractivity contribution in [3.63, 3.8) is 0 Å². The van der Waals surface area contributed by atoms with Crippen LogP contribution in [0.2, 0.25) is 0 Å². The van der Waals surface area contributed by atoms with Gasteiger partial charge in [0.1, 0.15) is 0 Å². The normalized spacial score (nSPS) is 9.18. The molecular formula is C7H6N2OS. The molecule has 0 unspecified atom stereocenters. The van der Waals surface area contributed by atoms with Crippen LogP contribution in [0.15, 0.2) is 25.0 Å². The van der Waals surface area contributed by atoms with Gasteiger partial charge >= 0.3 is 0 Å². The van der Waals surface area contributed by atoms with Crippen LogP contribution >= 0.6 is 12.6 Å². The topological polar surface area (TPSA) is 42.9 Å². The number of carbonyl (C=O) groups is 1. The number of hydrogen-bond donors (Lipinski definition) is 1. The molecule has 0 atom stereocenters. The highest BCUT2D eigenvalue weighted by atomic mass is 32.1. The van der Waals surface area contributed by atoms with Gasteiger partial charge in [0.2, 0.25) is 5.12 Å². The summed E-state index contributed by atoms with van der Waals surface area (Å²) in [5.41, 5.74) is 0.217. The Morgan fingerprint density at radius 2 is 2.00 bits per heavy atom. The van der Waals surface area contributed by atoms with Gasteiger partial charge in [0.15, 0.2) is 5.82 Å². The fraction of sp³-hybridized carbons (Fsp3) is 0. The molecule has 0 fully saturated rings. The van der Waals surface area contributed by atoms with Gasteiger partial charge in [0, 0.05) is 12.4 Å². The minimum absolute atomic E-state index is 0.217. The van der Waals surface area contributed by atoms with E-state index >= 15 is 0 Å². The van der Waals surface area contributed by atoms with Crippen LogP contribution in [0, 0.1) is 0 Å². The van der Waals surface area contributed by atoms with Crippen molar-refractivity contribution in [1.29, 1.82) is 0 Å². The van der Waals surface area contributed by atoms with Gasteiger partial charge in [0.25, 0.3) is 0 Å². The van der Waals surface area contributed by atoms with E-state index in [4.69, 9.17) is 0 Å². The van der Waals surface area contributed by atoms with E-state index in [1.54, 1.807) is 18.5 Å². The number of nitrogens with zero attached hydrogens (tertiary/aromatic N) is 2. The van der Waals surface area contributed by atoms with E-state index in [9.17, 15) is 4.79 Å². The van der Waals surface area contributed by atoms with E-state index in [2.05, 4.69) is 29.2 Å². The largest absolute Gasteiger partial charge is 0.282 e. The molecule has 0 amide bonds. The molecule has 1 aromatic rings. The molecule has 56 valence electrons. The molecule has 0 aliphatic rings. The molecule has 1 heterocycles. The summed E-state index contributed by atoms with van der Waals surface area (Å²) in [5.74, 6) is 0.326. The van der Waals surface area contributed by atoms with E-state index in [1.165, 1.54) is 0 Å². The second-order valence-corrected chi connectivity index (χ2v) is 2.26. The first-order valence-electron chi connectivity index (χ1n) is 2.91. The fourth-order valence-electron chi connectivity index (χ4n) is 0.551. The Morgan fingerprint density at radius 1 is 1.45 bits per heavy atom. The van der Waals surface area contributed by atoms with Crippen molar-refractivity contribution in [1.82, 2.24) is 9.97 Å². The summed E-state index contributed by atoms with van der Waals surface area (Å²) < 4.78 is 0. The number of rotatable bonds is 2. The van der Waals surface area contributed by atoms with Crippen LogP contribution in [-0.2, 0) is 4.79 Å². The van der Waals surface area contributed by atoms with Crippen LogP contribution in [-0.4, -0.2) is 15.1 Å². The van der Waals surface area contributed by atoms with Gasteiger partial charge in [-0.15, -0.1) is 12.6 Å². The Kier molecular flexibility index (Phi) is 2.38. The predicted molar refractivity (Wildman–Crippen MR) is 45.1 cm³/mol. The Balaban J connectivity index is 2.95. The summed E-state index contributed by atoms with van der Waals surface area (Å²) in [5, 5.41) is -0.406. The van der Waals surface area contributed by atoms with Crippen LogP contribution in [0.4, 0.5) is 0 Å². The first-order chi connectivity index (χ1) is 5.22. The van der Waals surface area contributed by atoms with Gasteiger partial charge in [-0.3, -0.25) is 4.79 Å². The summed E-state index contributed by atoms with van der Waals surface area (Å²) in [6.45, 7) is 3.47. The molecule has 1 rings (SSSR count). The SMILES string of the molecule is C=C(C(=O)S)c1ncccn1. The number of hydrogen-bond acceptors (Lipinski definition) is 3. The quantitative estimate of drug-likeness (QED) is 0.525. The standard InChI is InChI=1S/C7H6N2OS/c1-5(7(10)11)6-8-3-2-4-9-6/h2-4H,1H2,(H,10,11). The van der Waals surface area contributed by atoms with Gasteiger partial charge in [-0.25, -0.2) is 9.97 Å². The second-order valence-electron chi connectivity index (χ2n) is 1.86. The highest BCUT2D eigenvalue weighted by Crippen LogP contribution is 2.07. The van der Waals surface area contributed by atoms with Crippen molar-refractivity contribution in [2.75, 3.05) is 0 Å². The van der Waals surface area contributed by atoms with E-state index < -0.39 is 5.12 Å². The van der Waals surface area contributed by atoms with E-state index in [-0.39, 0.29) is 5.57 Å². The molecule has 0 spiro atoms. The predicted octanol–water partition coefficient (Wildman–Crippen LogP) is 0.946. The zero-order valence-electron chi connectivity index (χ0n) is 5.69. The molecule has 1 aromatic heterocycles. The minimum atomic E-state index is -0.406. The van der Waals surface area contributed by atoms with Gasteiger partial charge < -0.3 is 0 Å². The molecule has 0 saturated heterocycles. The zero-order chi connectivity index (χ0) is 8.27. The summed E-state index contributed by atoms with van der Waals surface area (Å²) in [4.78, 5) is 18.3. The molecule has 0 aromatic carbocycles. The van der Waals surface area contributed by atoms with E-state index in [0.717, 1.165) is 0 Å². The van der Waals surface area contributed by atoms with E-state index in [0.29, 0.717) is 5.82 Å². The maximum atomic E-state index is 10.6. The third-order valence-corrected chi connectivity index (χ3v) is 1.36. The molecule has 11 heavy (non-hydrogen) atoms. The van der Waals surface area contributed by atoms with Crippen molar-refractivity contribution in [3.05, 3.63) is 30.9 Å². The molecule has 0 aliphatic heterocycles. The maximum Gasteiger partial charge on any atom is 0.219 e. The molecule has 0 N–H and O–H groups in total. The first-order valence-corrected chi connectivity index (χ1v) is 3.36. The van der Waals surface area contributed by atoms with E-state index in [1.807, 2.05) is 0 Å². The lowest BCUT2D eigenvalue weighted by atomic mass is 10.3. The lowest BCUT2D eigenvalue weighted by Gasteiger charge is -1.95. The lowest BCUT2D eigenvalue weighted by Crippen LogP contribution is -1.96. The van der Waals surface area contributed by atoms with Crippen LogP contribution in [0.25, 0.3) is 5.57 Å². The first kappa shape index (κ1) is 7.94. The Hall–Kier alpha value is -1.16. The van der Waals surface area contributed by atoms with Crippen LogP contribution < -0.4 is 0 Å². The molecule has 0 bridgehead atoms. The maximum absolute atomic E-state index is 10.6. The molecule has 0 aliphatic carbocycles. The number of aromatic nitrogens is 2. The lowest BCUT2D eigenvalue weighted by molar-refractivity contribution is -0.106.